The summed E-state index contributed by atoms with van der Waals surface area (Å²) in [6.45, 7) is 7.52. The molecular formula is C39H67NO6S2. The molecule has 3 rings (SSSR count). The Morgan fingerprint density at radius 3 is 1.88 bits per heavy atom. The number of thiazole rings is 1. The first kappa shape index (κ1) is 42.8. The molecule has 48 heavy (non-hydrogen) atoms. The number of hydrogen-bond donors (Lipinski definition) is 0. The van der Waals surface area contributed by atoms with E-state index in [-0.39, 0.29) is 17.3 Å². The Kier molecular flexibility index (Phi) is 25.3. The van der Waals surface area contributed by atoms with Gasteiger partial charge in [0, 0.05) is 13.0 Å². The average molecular weight is 710 g/mol. The molecule has 2 aromatic rings. The van der Waals surface area contributed by atoms with Crippen LogP contribution >= 0.6 is 11.3 Å². The van der Waals surface area contributed by atoms with Gasteiger partial charge in [-0.05, 0) is 44.7 Å². The van der Waals surface area contributed by atoms with Gasteiger partial charge in [-0.15, -0.1) is 0 Å². The number of unbranched alkanes of at least 4 members (excludes halogenated alkanes) is 19. The molecule has 0 radical (unpaired) electrons. The summed E-state index contributed by atoms with van der Waals surface area (Å²) in [4.78, 5) is -0.178. The number of benzene rings is 1. The molecule has 0 N–H and O–H groups in total. The molecule has 1 fully saturated rings. The summed E-state index contributed by atoms with van der Waals surface area (Å²) in [6.07, 6.45) is 32.2. The van der Waals surface area contributed by atoms with E-state index in [1.807, 2.05) is 6.92 Å². The first-order valence-electron chi connectivity index (χ1n) is 19.2. The minimum absolute atomic E-state index is 0.00261. The van der Waals surface area contributed by atoms with E-state index in [9.17, 15) is 13.0 Å². The second-order valence-electron chi connectivity index (χ2n) is 13.5. The van der Waals surface area contributed by atoms with E-state index in [4.69, 9.17) is 14.2 Å². The fourth-order valence-electron chi connectivity index (χ4n) is 5.94. The highest BCUT2D eigenvalue weighted by Gasteiger charge is 2.25. The standard InChI is InChI=1S/C32H60NO3S.C7H8O3S/c1-2-3-4-5-6-7-8-9-10-11-12-13-14-17-20-23-32-35-29-31(36-32)28-34-26-22-19-16-15-18-21-24-33-25-27-37-30-33;1-6-2-4-7(5-3-6)11(8,9)10/h25,27,30-32H,2-24,26,28-29H2,1H3;2-5H,1H3,(H,8,9,10)/q+1;/p-1. The lowest BCUT2D eigenvalue weighted by atomic mass is 10.0. The minimum Gasteiger partial charge on any atom is -0.744 e. The summed E-state index contributed by atoms with van der Waals surface area (Å²) < 4.78 is 51.2. The molecule has 0 saturated carbocycles. The van der Waals surface area contributed by atoms with Gasteiger partial charge in [0.1, 0.15) is 22.8 Å². The van der Waals surface area contributed by atoms with Crippen molar-refractivity contribution in [1.82, 2.24) is 0 Å². The second kappa shape index (κ2) is 28.3. The van der Waals surface area contributed by atoms with Crippen molar-refractivity contribution in [1.29, 1.82) is 0 Å². The molecule has 0 spiro atoms. The van der Waals surface area contributed by atoms with Crippen molar-refractivity contribution < 1.29 is 31.7 Å². The largest absolute Gasteiger partial charge is 0.744 e. The van der Waals surface area contributed by atoms with Gasteiger partial charge in [0.25, 0.3) is 0 Å². The SMILES string of the molecule is CCCCCCCCCCCCCCCCCC1OCC(COCCCCCCCC[n+]2ccsc2)O1.Cc1ccc(S(=O)(=O)[O-])cc1. The van der Waals surface area contributed by atoms with Crippen LogP contribution in [0.1, 0.15) is 154 Å². The molecule has 1 aliphatic rings. The molecule has 9 heteroatoms. The summed E-state index contributed by atoms with van der Waals surface area (Å²) in [6, 6.07) is 5.78. The van der Waals surface area contributed by atoms with Crippen LogP contribution in [-0.4, -0.2) is 45.2 Å². The molecular weight excluding hydrogens is 643 g/mol. The number of ether oxygens (including phenoxy) is 3. The van der Waals surface area contributed by atoms with Crippen molar-refractivity contribution in [2.75, 3.05) is 19.8 Å². The van der Waals surface area contributed by atoms with E-state index in [0.29, 0.717) is 13.2 Å². The highest BCUT2D eigenvalue weighted by atomic mass is 32.2. The van der Waals surface area contributed by atoms with Crippen molar-refractivity contribution in [3.8, 4) is 0 Å². The Hall–Kier alpha value is -1.36. The first-order chi connectivity index (χ1) is 23.4. The van der Waals surface area contributed by atoms with Crippen LogP contribution in [0.4, 0.5) is 0 Å². The molecule has 0 amide bonds. The minimum atomic E-state index is -4.27. The Morgan fingerprint density at radius 1 is 0.792 bits per heavy atom. The van der Waals surface area contributed by atoms with Gasteiger partial charge in [-0.3, -0.25) is 0 Å². The van der Waals surface area contributed by atoms with Crippen LogP contribution in [0, 0.1) is 6.92 Å². The van der Waals surface area contributed by atoms with Gasteiger partial charge in [-0.25, -0.2) is 8.42 Å². The number of aromatic nitrogens is 1. The topological polar surface area (TPSA) is 88.8 Å². The lowest BCUT2D eigenvalue weighted by Gasteiger charge is -2.12. The van der Waals surface area contributed by atoms with E-state index >= 15 is 0 Å². The quantitative estimate of drug-likeness (QED) is 0.0496. The average Bonchev–Trinajstić information content (AvgIpc) is 3.76. The van der Waals surface area contributed by atoms with Crippen molar-refractivity contribution in [3.63, 3.8) is 0 Å². The van der Waals surface area contributed by atoms with Crippen molar-refractivity contribution in [2.45, 2.75) is 179 Å². The Bertz CT molecular complexity index is 1090. The Morgan fingerprint density at radius 2 is 1.33 bits per heavy atom. The molecule has 276 valence electrons. The molecule has 1 aromatic heterocycles. The maximum absolute atomic E-state index is 10.4. The zero-order valence-electron chi connectivity index (χ0n) is 30.3. The van der Waals surface area contributed by atoms with Crippen molar-refractivity contribution in [3.05, 3.63) is 46.9 Å². The van der Waals surface area contributed by atoms with E-state index < -0.39 is 10.1 Å². The predicted molar refractivity (Wildman–Crippen MR) is 196 cm³/mol. The van der Waals surface area contributed by atoms with Gasteiger partial charge >= 0.3 is 0 Å². The van der Waals surface area contributed by atoms with Gasteiger partial charge in [-0.1, -0.05) is 145 Å². The maximum atomic E-state index is 10.4. The third-order valence-electron chi connectivity index (χ3n) is 8.95. The van der Waals surface area contributed by atoms with Gasteiger partial charge < -0.3 is 18.8 Å². The lowest BCUT2D eigenvalue weighted by molar-refractivity contribution is -0.692. The maximum Gasteiger partial charge on any atom is 0.224 e. The Balaban J connectivity index is 0.000000613. The smallest absolute Gasteiger partial charge is 0.224 e. The number of rotatable bonds is 28. The summed E-state index contributed by atoms with van der Waals surface area (Å²) in [7, 11) is -4.27. The number of nitrogens with zero attached hydrogens (tertiary/aromatic N) is 1. The summed E-state index contributed by atoms with van der Waals surface area (Å²) in [5.74, 6) is 0. The van der Waals surface area contributed by atoms with Crippen LogP contribution in [0.5, 0.6) is 0 Å². The third-order valence-corrected chi connectivity index (χ3v) is 10.5. The van der Waals surface area contributed by atoms with Gasteiger partial charge in [0.05, 0.1) is 23.5 Å². The van der Waals surface area contributed by atoms with Crippen LogP contribution in [-0.2, 0) is 30.9 Å². The van der Waals surface area contributed by atoms with Crippen LogP contribution in [0.15, 0.2) is 46.2 Å². The predicted octanol–water partition coefficient (Wildman–Crippen LogP) is 10.3. The fourth-order valence-corrected chi connectivity index (χ4v) is 7.04. The van der Waals surface area contributed by atoms with E-state index in [1.165, 1.54) is 141 Å². The lowest BCUT2D eigenvalue weighted by Crippen LogP contribution is -2.29. The van der Waals surface area contributed by atoms with Crippen LogP contribution in [0.3, 0.4) is 0 Å². The second-order valence-corrected chi connectivity index (χ2v) is 15.6. The zero-order valence-corrected chi connectivity index (χ0v) is 31.9. The molecule has 0 bridgehead atoms. The summed E-state index contributed by atoms with van der Waals surface area (Å²) >= 11 is 1.77. The molecule has 1 saturated heterocycles. The van der Waals surface area contributed by atoms with Crippen LogP contribution < -0.4 is 4.57 Å². The molecule has 1 aliphatic heterocycles. The fraction of sp³-hybridized carbons (Fsp3) is 0.769. The molecule has 0 aliphatic carbocycles. The highest BCUT2D eigenvalue weighted by Crippen LogP contribution is 2.19. The highest BCUT2D eigenvalue weighted by molar-refractivity contribution is 7.85. The Labute approximate surface area is 297 Å². The van der Waals surface area contributed by atoms with E-state index in [2.05, 4.69) is 28.6 Å². The van der Waals surface area contributed by atoms with Gasteiger partial charge in [0.15, 0.2) is 12.5 Å². The molecule has 7 nitrogen and oxygen atoms in total. The van der Waals surface area contributed by atoms with Crippen LogP contribution in [0.25, 0.3) is 0 Å². The van der Waals surface area contributed by atoms with E-state index in [0.717, 1.165) is 31.6 Å². The summed E-state index contributed by atoms with van der Waals surface area (Å²) in [5, 5.41) is 2.14. The molecule has 1 aromatic carbocycles. The summed E-state index contributed by atoms with van der Waals surface area (Å²) in [5.41, 5.74) is 3.12. The van der Waals surface area contributed by atoms with Gasteiger partial charge in [0.2, 0.25) is 5.51 Å². The monoisotopic (exact) mass is 709 g/mol. The molecule has 2 unspecified atom stereocenters. The molecule has 2 heterocycles. The van der Waals surface area contributed by atoms with E-state index in [1.54, 1.807) is 23.5 Å². The number of hydrogen-bond acceptors (Lipinski definition) is 7. The zero-order chi connectivity index (χ0) is 34.5. The van der Waals surface area contributed by atoms with Crippen molar-refractivity contribution >= 4 is 21.5 Å². The van der Waals surface area contributed by atoms with Crippen molar-refractivity contribution in [2.24, 2.45) is 0 Å². The normalized spacial score (nSPS) is 16.2. The van der Waals surface area contributed by atoms with Crippen LogP contribution in [0.2, 0.25) is 0 Å². The first-order valence-corrected chi connectivity index (χ1v) is 21.5. The van der Waals surface area contributed by atoms with Gasteiger partial charge in [-0.2, -0.15) is 4.57 Å². The number of aryl methyl sites for hydroxylation is 2. The molecule has 2 atom stereocenters. The third kappa shape index (κ3) is 23.1.